The molecule has 5 rings (SSSR count). The highest BCUT2D eigenvalue weighted by Crippen LogP contribution is 2.77. The molecule has 0 spiro atoms. The largest absolute Gasteiger partial charge is 0.480 e. The zero-order valence-corrected chi connectivity index (χ0v) is 27.1. The quantitative estimate of drug-likeness (QED) is 0.328. The van der Waals surface area contributed by atoms with Crippen molar-refractivity contribution in [3.8, 4) is 0 Å². The Balaban J connectivity index is 1.48. The molecular formula is C35H57NO5. The summed E-state index contributed by atoms with van der Waals surface area (Å²) in [6, 6.07) is 0. The van der Waals surface area contributed by atoms with E-state index in [2.05, 4.69) is 53.8 Å². The lowest BCUT2D eigenvalue weighted by molar-refractivity contribution is -0.250. The highest BCUT2D eigenvalue weighted by Gasteiger charge is 2.72. The highest BCUT2D eigenvalue weighted by molar-refractivity contribution is 5.86. The van der Waals surface area contributed by atoms with Gasteiger partial charge in [-0.3, -0.25) is 14.4 Å². The first-order chi connectivity index (χ1) is 19.1. The fraction of sp³-hybridized carbons (Fsp3) is 0.914. The minimum atomic E-state index is -0.967. The van der Waals surface area contributed by atoms with Crippen LogP contribution in [0.15, 0.2) is 0 Å². The van der Waals surface area contributed by atoms with Crippen LogP contribution in [0, 0.1) is 62.6 Å². The molecule has 5 aliphatic rings. The lowest BCUT2D eigenvalue weighted by Gasteiger charge is -2.73. The molecule has 0 bridgehead atoms. The van der Waals surface area contributed by atoms with Gasteiger partial charge in [-0.25, -0.2) is 0 Å². The summed E-state index contributed by atoms with van der Waals surface area (Å²) in [5, 5.41) is 12.2. The van der Waals surface area contributed by atoms with Crippen LogP contribution >= 0.6 is 0 Å². The van der Waals surface area contributed by atoms with Crippen LogP contribution in [0.3, 0.4) is 0 Å². The van der Waals surface area contributed by atoms with Gasteiger partial charge in [0.05, 0.1) is 5.41 Å². The minimum Gasteiger partial charge on any atom is -0.480 e. The predicted molar refractivity (Wildman–Crippen MR) is 160 cm³/mol. The summed E-state index contributed by atoms with van der Waals surface area (Å²) in [7, 11) is 0. The average molecular weight is 572 g/mol. The van der Waals surface area contributed by atoms with Gasteiger partial charge in [-0.15, -0.1) is 0 Å². The van der Waals surface area contributed by atoms with Gasteiger partial charge in [-0.2, -0.15) is 0 Å². The molecule has 5 aliphatic carbocycles. The molecule has 2 N–H and O–H groups in total. The second kappa shape index (κ2) is 10.3. The van der Waals surface area contributed by atoms with E-state index in [1.54, 1.807) is 0 Å². The molecule has 232 valence electrons. The number of ether oxygens (including phenoxy) is 1. The number of rotatable bonds is 6. The summed E-state index contributed by atoms with van der Waals surface area (Å²) in [4.78, 5) is 37.5. The predicted octanol–water partition coefficient (Wildman–Crippen LogP) is 7.25. The molecule has 0 aromatic heterocycles. The van der Waals surface area contributed by atoms with Gasteiger partial charge in [-0.1, -0.05) is 55.4 Å². The van der Waals surface area contributed by atoms with Crippen LogP contribution in [0.25, 0.3) is 0 Å². The maximum atomic E-state index is 13.8. The smallest absolute Gasteiger partial charge is 0.322 e. The monoisotopic (exact) mass is 571 g/mol. The number of hydrogen-bond donors (Lipinski definition) is 2. The van der Waals surface area contributed by atoms with Crippen molar-refractivity contribution in [3.63, 3.8) is 0 Å². The number of carboxylic acids is 1. The van der Waals surface area contributed by atoms with Crippen LogP contribution in [0.1, 0.15) is 126 Å². The first kappa shape index (κ1) is 30.9. The molecule has 5 fully saturated rings. The number of carbonyl (C=O) groups excluding carboxylic acids is 2. The molecule has 6 unspecified atom stereocenters. The van der Waals surface area contributed by atoms with Gasteiger partial charge >= 0.3 is 11.9 Å². The molecule has 0 aliphatic heterocycles. The molecule has 0 heterocycles. The first-order valence-corrected chi connectivity index (χ1v) is 16.8. The van der Waals surface area contributed by atoms with E-state index >= 15 is 0 Å². The zero-order valence-electron chi connectivity index (χ0n) is 27.1. The van der Waals surface area contributed by atoms with Gasteiger partial charge in [0.2, 0.25) is 5.91 Å². The zero-order chi connectivity index (χ0) is 30.2. The molecule has 5 saturated carbocycles. The fourth-order valence-corrected chi connectivity index (χ4v) is 12.5. The number of amides is 1. The van der Waals surface area contributed by atoms with Gasteiger partial charge in [0, 0.05) is 11.8 Å². The number of esters is 1. The Morgan fingerprint density at radius 2 is 1.56 bits per heavy atom. The van der Waals surface area contributed by atoms with Crippen LogP contribution in [-0.4, -0.2) is 35.6 Å². The van der Waals surface area contributed by atoms with Crippen LogP contribution in [-0.2, 0) is 19.1 Å². The van der Waals surface area contributed by atoms with E-state index in [0.29, 0.717) is 41.9 Å². The van der Waals surface area contributed by atoms with Gasteiger partial charge in [-0.05, 0) is 116 Å². The van der Waals surface area contributed by atoms with Crippen molar-refractivity contribution >= 4 is 17.8 Å². The molecule has 6 heteroatoms. The number of nitrogens with one attached hydrogen (secondary N) is 1. The number of fused-ring (bicyclic) bond motifs is 7. The molecule has 0 saturated heterocycles. The second-order valence-corrected chi connectivity index (χ2v) is 16.6. The van der Waals surface area contributed by atoms with Crippen molar-refractivity contribution in [2.24, 2.45) is 62.6 Å². The molecule has 1 amide bonds. The Morgan fingerprint density at radius 1 is 0.854 bits per heavy atom. The third kappa shape index (κ3) is 4.33. The van der Waals surface area contributed by atoms with Gasteiger partial charge in [0.1, 0.15) is 12.6 Å². The normalized spacial score (nSPS) is 46.5. The van der Waals surface area contributed by atoms with E-state index in [-0.39, 0.29) is 46.2 Å². The molecule has 0 radical (unpaired) electrons. The van der Waals surface area contributed by atoms with Crippen molar-refractivity contribution in [1.82, 2.24) is 5.32 Å². The number of carboxylic acid groups (broad SMARTS) is 1. The first-order valence-electron chi connectivity index (χ1n) is 16.8. The number of aliphatic carboxylic acids is 1. The molecule has 0 aromatic carbocycles. The Bertz CT molecular complexity index is 1070. The second-order valence-electron chi connectivity index (χ2n) is 16.6. The summed E-state index contributed by atoms with van der Waals surface area (Å²) < 4.78 is 6.05. The van der Waals surface area contributed by atoms with Gasteiger partial charge < -0.3 is 15.2 Å². The lowest BCUT2D eigenvalue weighted by Crippen LogP contribution is -2.67. The Hall–Kier alpha value is -1.59. The van der Waals surface area contributed by atoms with Crippen LogP contribution in [0.4, 0.5) is 0 Å². The SMILES string of the molecule is CCC(=O)O[C@@H]1CCC2(C)C(CC[C@]3(C)C2CCC2C4C(C(C)C)CC[C@]4(C(=O)NCC(=O)O)CC[C@]23C)C1(C)C. The molecular weight excluding hydrogens is 514 g/mol. The molecule has 6 nitrogen and oxygen atoms in total. The molecule has 41 heavy (non-hydrogen) atoms. The van der Waals surface area contributed by atoms with E-state index in [4.69, 9.17) is 4.74 Å². The average Bonchev–Trinajstić information content (AvgIpc) is 3.30. The third-order valence-electron chi connectivity index (χ3n) is 14.7. The van der Waals surface area contributed by atoms with Crippen LogP contribution in [0.5, 0.6) is 0 Å². The van der Waals surface area contributed by atoms with Crippen LogP contribution < -0.4 is 5.32 Å². The minimum absolute atomic E-state index is 0.000236. The van der Waals surface area contributed by atoms with E-state index < -0.39 is 11.4 Å². The van der Waals surface area contributed by atoms with Crippen molar-refractivity contribution in [1.29, 1.82) is 0 Å². The van der Waals surface area contributed by atoms with Crippen molar-refractivity contribution in [2.75, 3.05) is 6.54 Å². The Labute approximate surface area is 248 Å². The van der Waals surface area contributed by atoms with Crippen molar-refractivity contribution in [2.45, 2.75) is 132 Å². The number of hydrogen-bond acceptors (Lipinski definition) is 4. The summed E-state index contributed by atoms with van der Waals surface area (Å²) >= 11 is 0. The van der Waals surface area contributed by atoms with E-state index in [0.717, 1.165) is 44.9 Å². The standard InChI is InChI=1S/C35H57NO5/c1-9-28(39)41-26-14-15-32(6)24(31(26,4)5)13-16-34(8)25(32)11-10-23-29-22(21(2)3)12-17-35(29,19-18-33(23,34)7)30(40)36-20-27(37)38/h21-26,29H,9-20H2,1-8H3,(H,36,40)(H,37,38)/t22?,23?,24?,25?,26-,29?,32?,33-,34-,35+/m1/s1. The molecule has 0 aromatic rings. The maximum absolute atomic E-state index is 13.8. The third-order valence-corrected chi connectivity index (χ3v) is 14.7. The van der Waals surface area contributed by atoms with Crippen molar-refractivity contribution in [3.05, 3.63) is 0 Å². The van der Waals surface area contributed by atoms with E-state index in [9.17, 15) is 19.5 Å². The topological polar surface area (TPSA) is 92.7 Å². The lowest BCUT2D eigenvalue weighted by atomic mass is 9.32. The Kier molecular flexibility index (Phi) is 7.72. The van der Waals surface area contributed by atoms with Crippen LogP contribution in [0.2, 0.25) is 0 Å². The Morgan fingerprint density at radius 3 is 2.20 bits per heavy atom. The van der Waals surface area contributed by atoms with Crippen molar-refractivity contribution < 1.29 is 24.2 Å². The highest BCUT2D eigenvalue weighted by atomic mass is 16.5. The maximum Gasteiger partial charge on any atom is 0.322 e. The van der Waals surface area contributed by atoms with E-state index in [1.807, 2.05) is 6.92 Å². The summed E-state index contributed by atoms with van der Waals surface area (Å²) in [6.07, 6.45) is 11.1. The van der Waals surface area contributed by atoms with Gasteiger partial charge in [0.15, 0.2) is 0 Å². The fourth-order valence-electron chi connectivity index (χ4n) is 12.5. The summed E-state index contributed by atoms with van der Waals surface area (Å²) in [5.74, 6) is 1.92. The van der Waals surface area contributed by atoms with E-state index in [1.165, 1.54) is 19.3 Å². The molecule has 10 atom stereocenters. The summed E-state index contributed by atoms with van der Waals surface area (Å²) in [5.41, 5.74) is 0.0769. The number of carbonyl (C=O) groups is 3. The summed E-state index contributed by atoms with van der Waals surface area (Å²) in [6.45, 7) is 18.7. The van der Waals surface area contributed by atoms with Gasteiger partial charge in [0.25, 0.3) is 0 Å².